The highest BCUT2D eigenvalue weighted by Crippen LogP contribution is 2.06. The van der Waals surface area contributed by atoms with E-state index in [1.807, 2.05) is 6.92 Å². The van der Waals surface area contributed by atoms with Gasteiger partial charge in [-0.15, -0.1) is 0 Å². The molecule has 13 nitrogen and oxygen atoms in total. The molecule has 0 heterocycles. The molecular weight excluding hydrogens is 426 g/mol. The van der Waals surface area contributed by atoms with E-state index in [-0.39, 0.29) is 12.3 Å². The second-order valence-electron chi connectivity index (χ2n) is 7.50. The van der Waals surface area contributed by atoms with Gasteiger partial charge in [-0.2, -0.15) is 0 Å². The number of carbonyl (C=O) groups excluding carboxylic acids is 3. The van der Waals surface area contributed by atoms with E-state index in [9.17, 15) is 29.1 Å². The van der Waals surface area contributed by atoms with Crippen LogP contribution in [0.1, 0.15) is 46.0 Å². The molecule has 0 aromatic carbocycles. The summed E-state index contributed by atoms with van der Waals surface area (Å²) in [5, 5.41) is 34.2. The number of carboxylic acids is 2. The lowest BCUT2D eigenvalue weighted by molar-refractivity contribution is -0.147. The molecule has 0 bridgehead atoms. The molecule has 0 aliphatic heterocycles. The van der Waals surface area contributed by atoms with Gasteiger partial charge in [0.05, 0.1) is 19.1 Å². The van der Waals surface area contributed by atoms with Gasteiger partial charge < -0.3 is 42.7 Å². The number of aliphatic carboxylic acids is 2. The Bertz CT molecular complexity index is 660. The maximum Gasteiger partial charge on any atom is 0.326 e. The molecule has 5 atom stereocenters. The highest BCUT2D eigenvalue weighted by molar-refractivity contribution is 5.94. The predicted octanol–water partition coefficient (Wildman–Crippen LogP) is -2.51. The molecule has 0 fully saturated rings. The molecule has 0 radical (unpaired) electrons. The first-order valence-corrected chi connectivity index (χ1v) is 10.4. The second kappa shape index (κ2) is 15.1. The summed E-state index contributed by atoms with van der Waals surface area (Å²) in [5.41, 5.74) is 11.3. The summed E-state index contributed by atoms with van der Waals surface area (Å²) >= 11 is 0. The van der Waals surface area contributed by atoms with Gasteiger partial charge in [0.2, 0.25) is 17.7 Å². The summed E-state index contributed by atoms with van der Waals surface area (Å²) in [6.07, 6.45) is 0.761. The Morgan fingerprint density at radius 2 is 1.41 bits per heavy atom. The number of unbranched alkanes of at least 4 members (excludes halogenated alkanes) is 1. The van der Waals surface area contributed by atoms with Crippen LogP contribution in [0.3, 0.4) is 0 Å². The number of carboxylic acid groups (broad SMARTS) is 2. The molecule has 0 rings (SSSR count). The fourth-order valence-corrected chi connectivity index (χ4v) is 2.66. The van der Waals surface area contributed by atoms with E-state index >= 15 is 0 Å². The highest BCUT2D eigenvalue weighted by atomic mass is 16.4. The van der Waals surface area contributed by atoms with E-state index in [0.717, 1.165) is 0 Å². The van der Waals surface area contributed by atoms with Gasteiger partial charge in [-0.3, -0.25) is 19.2 Å². The van der Waals surface area contributed by atoms with Crippen molar-refractivity contribution in [1.82, 2.24) is 16.0 Å². The molecule has 5 unspecified atom stereocenters. The molecule has 13 heteroatoms. The lowest BCUT2D eigenvalue weighted by atomic mass is 9.99. The van der Waals surface area contributed by atoms with Crippen molar-refractivity contribution in [3.63, 3.8) is 0 Å². The Labute approximate surface area is 186 Å². The first kappa shape index (κ1) is 29.2. The lowest BCUT2D eigenvalue weighted by Crippen LogP contribution is -2.58. The fourth-order valence-electron chi connectivity index (χ4n) is 2.66. The Hall–Kier alpha value is -2.77. The van der Waals surface area contributed by atoms with Crippen molar-refractivity contribution in [1.29, 1.82) is 0 Å². The van der Waals surface area contributed by atoms with Crippen LogP contribution in [0.25, 0.3) is 0 Å². The molecule has 0 spiro atoms. The minimum atomic E-state index is -1.70. The van der Waals surface area contributed by atoms with Gasteiger partial charge in [0, 0.05) is 0 Å². The number of aliphatic hydroxyl groups excluding tert-OH is 1. The Balaban J connectivity index is 5.32. The smallest absolute Gasteiger partial charge is 0.326 e. The fraction of sp³-hybridized carbons (Fsp3) is 0.737. The van der Waals surface area contributed by atoms with Crippen molar-refractivity contribution < 1.29 is 39.3 Å². The van der Waals surface area contributed by atoms with E-state index in [4.69, 9.17) is 21.7 Å². The van der Waals surface area contributed by atoms with Crippen LogP contribution < -0.4 is 27.4 Å². The summed E-state index contributed by atoms with van der Waals surface area (Å²) in [4.78, 5) is 59.4. The molecule has 10 N–H and O–H groups in total. The monoisotopic (exact) mass is 461 g/mol. The maximum absolute atomic E-state index is 12.6. The average molecular weight is 462 g/mol. The van der Waals surface area contributed by atoms with Crippen molar-refractivity contribution in [3.05, 3.63) is 0 Å². The first-order chi connectivity index (χ1) is 15.0. The van der Waals surface area contributed by atoms with Crippen LogP contribution in [0, 0.1) is 5.92 Å². The highest BCUT2D eigenvalue weighted by Gasteiger charge is 2.31. The Morgan fingerprint density at radius 1 is 0.875 bits per heavy atom. The van der Waals surface area contributed by atoms with Crippen molar-refractivity contribution in [2.75, 3.05) is 13.2 Å². The summed E-state index contributed by atoms with van der Waals surface area (Å²) in [6, 6.07) is -5.23. The van der Waals surface area contributed by atoms with Crippen molar-refractivity contribution in [2.45, 2.75) is 70.1 Å². The summed E-state index contributed by atoms with van der Waals surface area (Å²) in [5.74, 6) is -5.59. The number of nitrogens with two attached hydrogens (primary N) is 2. The zero-order chi connectivity index (χ0) is 24.8. The Kier molecular flexibility index (Phi) is 13.8. The molecule has 0 aliphatic rings. The number of hydrogen-bond acceptors (Lipinski definition) is 8. The predicted molar refractivity (Wildman–Crippen MR) is 113 cm³/mol. The standard InChI is InChI=1S/C19H35N5O8/c1-3-10(2)15(21)18(30)24-13(9-25)17(29)22-11(6-4-5-7-20)16(28)23-12(19(31)32)8-14(26)27/h10-13,15,25H,3-9,20-21H2,1-2H3,(H,22,29)(H,23,28)(H,24,30)(H,26,27)(H,31,32). The molecule has 0 aliphatic carbocycles. The number of carbonyl (C=O) groups is 5. The van der Waals surface area contributed by atoms with Crippen LogP contribution >= 0.6 is 0 Å². The van der Waals surface area contributed by atoms with Crippen molar-refractivity contribution in [3.8, 4) is 0 Å². The minimum absolute atomic E-state index is 0.0761. The zero-order valence-corrected chi connectivity index (χ0v) is 18.4. The van der Waals surface area contributed by atoms with Gasteiger partial charge in [0.25, 0.3) is 0 Å². The number of hydrogen-bond donors (Lipinski definition) is 8. The van der Waals surface area contributed by atoms with Crippen molar-refractivity contribution in [2.24, 2.45) is 17.4 Å². The average Bonchev–Trinajstić information content (AvgIpc) is 2.74. The number of aliphatic hydroxyl groups is 1. The van der Waals surface area contributed by atoms with Gasteiger partial charge in [0.15, 0.2) is 0 Å². The summed E-state index contributed by atoms with van der Waals surface area (Å²) in [6.45, 7) is 3.15. The van der Waals surface area contributed by atoms with Gasteiger partial charge in [-0.25, -0.2) is 4.79 Å². The van der Waals surface area contributed by atoms with E-state index in [0.29, 0.717) is 25.8 Å². The lowest BCUT2D eigenvalue weighted by Gasteiger charge is -2.25. The van der Waals surface area contributed by atoms with Crippen LogP contribution in [0.5, 0.6) is 0 Å². The Morgan fingerprint density at radius 3 is 1.88 bits per heavy atom. The topological polar surface area (TPSA) is 234 Å². The molecule has 3 amide bonds. The van der Waals surface area contributed by atoms with E-state index < -0.39 is 66.9 Å². The van der Waals surface area contributed by atoms with Gasteiger partial charge >= 0.3 is 11.9 Å². The molecular formula is C19H35N5O8. The summed E-state index contributed by atoms with van der Waals surface area (Å²) < 4.78 is 0. The van der Waals surface area contributed by atoms with Crippen LogP contribution in [0.2, 0.25) is 0 Å². The molecule has 0 aromatic rings. The van der Waals surface area contributed by atoms with Gasteiger partial charge in [-0.1, -0.05) is 20.3 Å². The first-order valence-electron chi connectivity index (χ1n) is 10.4. The van der Waals surface area contributed by atoms with Crippen molar-refractivity contribution >= 4 is 29.7 Å². The number of nitrogens with one attached hydrogen (secondary N) is 3. The normalized spacial score (nSPS) is 15.5. The molecule has 0 saturated heterocycles. The van der Waals surface area contributed by atoms with Gasteiger partial charge in [-0.05, 0) is 31.7 Å². The number of amides is 3. The summed E-state index contributed by atoms with van der Waals surface area (Å²) in [7, 11) is 0. The third kappa shape index (κ3) is 10.5. The van der Waals surface area contributed by atoms with Crippen LogP contribution in [0.15, 0.2) is 0 Å². The molecule has 184 valence electrons. The van der Waals surface area contributed by atoms with E-state index in [1.54, 1.807) is 6.92 Å². The SMILES string of the molecule is CCC(C)C(N)C(=O)NC(CO)C(=O)NC(CCCCN)C(=O)NC(CC(=O)O)C(=O)O. The second-order valence-corrected chi connectivity index (χ2v) is 7.50. The van der Waals surface area contributed by atoms with E-state index in [1.165, 1.54) is 0 Å². The molecule has 0 aromatic heterocycles. The van der Waals surface area contributed by atoms with Crippen LogP contribution in [-0.2, 0) is 24.0 Å². The third-order valence-corrected chi connectivity index (χ3v) is 4.95. The zero-order valence-electron chi connectivity index (χ0n) is 18.4. The minimum Gasteiger partial charge on any atom is -0.481 e. The largest absolute Gasteiger partial charge is 0.481 e. The third-order valence-electron chi connectivity index (χ3n) is 4.95. The maximum atomic E-state index is 12.6. The van der Waals surface area contributed by atoms with Crippen LogP contribution in [-0.4, -0.2) is 82.3 Å². The van der Waals surface area contributed by atoms with Crippen LogP contribution in [0.4, 0.5) is 0 Å². The number of rotatable bonds is 16. The molecule has 32 heavy (non-hydrogen) atoms. The van der Waals surface area contributed by atoms with Gasteiger partial charge in [0.1, 0.15) is 18.1 Å². The quantitative estimate of drug-likeness (QED) is 0.112. The molecule has 0 saturated carbocycles. The van der Waals surface area contributed by atoms with E-state index in [2.05, 4.69) is 16.0 Å².